The fraction of sp³-hybridized carbons (Fsp3) is 0.250. The number of rotatable bonds is 1. The molecule has 0 aliphatic heterocycles. The van der Waals surface area contributed by atoms with Gasteiger partial charge in [-0.3, -0.25) is 4.40 Å². The number of fused-ring (bicyclic) bond motifs is 1. The maximum Gasteiger partial charge on any atom is 0.199 e. The van der Waals surface area contributed by atoms with Crippen LogP contribution in [-0.4, -0.2) is 19.6 Å². The third kappa shape index (κ3) is 1.54. The van der Waals surface area contributed by atoms with E-state index in [1.165, 1.54) is 5.56 Å². The predicted octanol–water partition coefficient (Wildman–Crippen LogP) is 3.43. The van der Waals surface area contributed by atoms with Gasteiger partial charge in [0.05, 0.1) is 10.6 Å². The summed E-state index contributed by atoms with van der Waals surface area (Å²) in [5.74, 6) is 0.836. The van der Waals surface area contributed by atoms with Crippen LogP contribution in [0.25, 0.3) is 16.3 Å². The number of hydrogen-bond acceptors (Lipinski definition) is 4. The minimum atomic E-state index is 0.394. The fourth-order valence-electron chi connectivity index (χ4n) is 1.92. The summed E-state index contributed by atoms with van der Waals surface area (Å²) < 4.78 is 1.98. The van der Waals surface area contributed by atoms with Gasteiger partial charge in [0, 0.05) is 5.69 Å². The molecular weight excluding hydrogens is 268 g/mol. The highest BCUT2D eigenvalue weighted by Crippen LogP contribution is 2.30. The summed E-state index contributed by atoms with van der Waals surface area (Å²) in [6.45, 7) is 6.01. The molecule has 4 nitrogen and oxygen atoms in total. The van der Waals surface area contributed by atoms with Crippen LogP contribution < -0.4 is 0 Å². The van der Waals surface area contributed by atoms with Crippen molar-refractivity contribution >= 4 is 28.6 Å². The molecule has 0 bridgehead atoms. The van der Waals surface area contributed by atoms with Crippen molar-refractivity contribution in [3.8, 4) is 10.7 Å². The molecule has 3 rings (SSSR count). The standard InChI is InChI=1S/C12H11ClN4S/c1-6-4-5-18-9(6)11-15-16-12-10(13)14-7(2)8(3)17(11)12/h4-5H,1-3H3. The van der Waals surface area contributed by atoms with Crippen LogP contribution >= 0.6 is 22.9 Å². The third-order valence-corrected chi connectivity index (χ3v) is 4.30. The van der Waals surface area contributed by atoms with E-state index in [1.54, 1.807) is 11.3 Å². The third-order valence-electron chi connectivity index (χ3n) is 3.04. The van der Waals surface area contributed by atoms with Gasteiger partial charge < -0.3 is 0 Å². The van der Waals surface area contributed by atoms with E-state index in [4.69, 9.17) is 11.6 Å². The molecule has 3 aromatic rings. The van der Waals surface area contributed by atoms with Crippen molar-refractivity contribution in [2.75, 3.05) is 0 Å². The van der Waals surface area contributed by atoms with E-state index in [2.05, 4.69) is 33.6 Å². The van der Waals surface area contributed by atoms with Crippen LogP contribution in [0.3, 0.4) is 0 Å². The second-order valence-electron chi connectivity index (χ2n) is 4.19. The molecular formula is C12H11ClN4S. The van der Waals surface area contributed by atoms with Gasteiger partial charge in [0.25, 0.3) is 0 Å². The summed E-state index contributed by atoms with van der Waals surface area (Å²) in [5, 5.41) is 10.8. The molecule has 0 unspecified atom stereocenters. The second kappa shape index (κ2) is 4.03. The van der Waals surface area contributed by atoms with Crippen molar-refractivity contribution in [2.45, 2.75) is 20.8 Å². The highest BCUT2D eigenvalue weighted by Gasteiger charge is 2.17. The fourth-order valence-corrected chi connectivity index (χ4v) is 3.07. The molecule has 6 heteroatoms. The van der Waals surface area contributed by atoms with E-state index in [-0.39, 0.29) is 0 Å². The summed E-state index contributed by atoms with van der Waals surface area (Å²) in [5.41, 5.74) is 3.71. The Kier molecular flexibility index (Phi) is 2.60. The molecule has 0 radical (unpaired) electrons. The quantitative estimate of drug-likeness (QED) is 0.685. The molecule has 18 heavy (non-hydrogen) atoms. The van der Waals surface area contributed by atoms with Gasteiger partial charge in [0.15, 0.2) is 16.6 Å². The van der Waals surface area contributed by atoms with Gasteiger partial charge in [-0.25, -0.2) is 4.98 Å². The van der Waals surface area contributed by atoms with Gasteiger partial charge in [-0.2, -0.15) is 0 Å². The van der Waals surface area contributed by atoms with E-state index in [0.717, 1.165) is 22.1 Å². The van der Waals surface area contributed by atoms with Crippen LogP contribution in [0.5, 0.6) is 0 Å². The maximum absolute atomic E-state index is 6.12. The van der Waals surface area contributed by atoms with Crippen LogP contribution in [-0.2, 0) is 0 Å². The normalized spacial score (nSPS) is 11.3. The van der Waals surface area contributed by atoms with E-state index in [0.29, 0.717) is 10.8 Å². The highest BCUT2D eigenvalue weighted by atomic mass is 35.5. The van der Waals surface area contributed by atoms with Crippen LogP contribution in [0.2, 0.25) is 5.15 Å². The van der Waals surface area contributed by atoms with Crippen LogP contribution in [0.1, 0.15) is 17.0 Å². The van der Waals surface area contributed by atoms with Crippen LogP contribution in [0.15, 0.2) is 11.4 Å². The van der Waals surface area contributed by atoms with E-state index >= 15 is 0 Å². The lowest BCUT2D eigenvalue weighted by atomic mass is 10.2. The number of aryl methyl sites for hydroxylation is 3. The number of aromatic nitrogens is 4. The Balaban J connectivity index is 2.42. The smallest absolute Gasteiger partial charge is 0.199 e. The Morgan fingerprint density at radius 3 is 2.67 bits per heavy atom. The minimum Gasteiger partial charge on any atom is -0.275 e. The Morgan fingerprint density at radius 1 is 1.22 bits per heavy atom. The van der Waals surface area contributed by atoms with Gasteiger partial charge >= 0.3 is 0 Å². The van der Waals surface area contributed by atoms with Crippen molar-refractivity contribution < 1.29 is 0 Å². The average molecular weight is 279 g/mol. The molecule has 0 atom stereocenters. The first-order valence-corrected chi connectivity index (χ1v) is 6.77. The molecule has 0 saturated heterocycles. The van der Waals surface area contributed by atoms with E-state index in [1.807, 2.05) is 18.2 Å². The van der Waals surface area contributed by atoms with Crippen molar-refractivity contribution in [1.82, 2.24) is 19.6 Å². The van der Waals surface area contributed by atoms with Crippen molar-refractivity contribution in [2.24, 2.45) is 0 Å². The average Bonchev–Trinajstić information content (AvgIpc) is 2.91. The summed E-state index contributed by atoms with van der Waals surface area (Å²) in [4.78, 5) is 5.38. The Morgan fingerprint density at radius 2 is 2.00 bits per heavy atom. The number of thiophene rings is 1. The Labute approximate surface area is 113 Å². The summed E-state index contributed by atoms with van der Waals surface area (Å²) in [6, 6.07) is 2.08. The molecule has 0 saturated carbocycles. The lowest BCUT2D eigenvalue weighted by molar-refractivity contribution is 1.00. The Hall–Kier alpha value is -1.46. The van der Waals surface area contributed by atoms with Crippen LogP contribution in [0.4, 0.5) is 0 Å². The first-order chi connectivity index (χ1) is 8.59. The Bertz CT molecular complexity index is 744. The minimum absolute atomic E-state index is 0.394. The first kappa shape index (κ1) is 11.6. The molecule has 0 aromatic carbocycles. The number of nitrogens with zero attached hydrogens (tertiary/aromatic N) is 4. The predicted molar refractivity (Wildman–Crippen MR) is 73.3 cm³/mol. The number of halogens is 1. The monoisotopic (exact) mass is 278 g/mol. The molecule has 3 aromatic heterocycles. The molecule has 0 N–H and O–H groups in total. The lowest BCUT2D eigenvalue weighted by Gasteiger charge is -2.06. The topological polar surface area (TPSA) is 43.1 Å². The van der Waals surface area contributed by atoms with E-state index in [9.17, 15) is 0 Å². The van der Waals surface area contributed by atoms with Crippen LogP contribution in [0, 0.1) is 20.8 Å². The molecule has 0 spiro atoms. The first-order valence-electron chi connectivity index (χ1n) is 5.52. The van der Waals surface area contributed by atoms with Gasteiger partial charge in [-0.1, -0.05) is 11.6 Å². The zero-order chi connectivity index (χ0) is 12.9. The van der Waals surface area contributed by atoms with E-state index < -0.39 is 0 Å². The largest absolute Gasteiger partial charge is 0.275 e. The zero-order valence-electron chi connectivity index (χ0n) is 10.2. The second-order valence-corrected chi connectivity index (χ2v) is 5.46. The van der Waals surface area contributed by atoms with Gasteiger partial charge in [0.1, 0.15) is 0 Å². The molecule has 92 valence electrons. The molecule has 0 aliphatic carbocycles. The number of hydrogen-bond donors (Lipinski definition) is 0. The summed E-state index contributed by atoms with van der Waals surface area (Å²) in [7, 11) is 0. The van der Waals surface area contributed by atoms with Crippen molar-refractivity contribution in [1.29, 1.82) is 0 Å². The summed E-state index contributed by atoms with van der Waals surface area (Å²) in [6.07, 6.45) is 0. The van der Waals surface area contributed by atoms with Gasteiger partial charge in [-0.05, 0) is 37.8 Å². The van der Waals surface area contributed by atoms with Crippen molar-refractivity contribution in [3.63, 3.8) is 0 Å². The summed E-state index contributed by atoms with van der Waals surface area (Å²) >= 11 is 7.77. The maximum atomic E-state index is 6.12. The molecule has 0 amide bonds. The lowest BCUT2D eigenvalue weighted by Crippen LogP contribution is -2.00. The van der Waals surface area contributed by atoms with Crippen molar-refractivity contribution in [3.05, 3.63) is 33.6 Å². The molecule has 3 heterocycles. The molecule has 0 fully saturated rings. The SMILES string of the molecule is Cc1ccsc1-c1nnc2c(Cl)nc(C)c(C)n12. The van der Waals surface area contributed by atoms with Gasteiger partial charge in [0.2, 0.25) is 0 Å². The highest BCUT2D eigenvalue weighted by molar-refractivity contribution is 7.13. The van der Waals surface area contributed by atoms with Gasteiger partial charge in [-0.15, -0.1) is 21.5 Å². The zero-order valence-corrected chi connectivity index (χ0v) is 11.8. The molecule has 0 aliphatic rings.